The highest BCUT2D eigenvalue weighted by Crippen LogP contribution is 2.08. The molecule has 1 heterocycles. The Morgan fingerprint density at radius 2 is 2.20 bits per heavy atom. The number of allylic oxidation sites excluding steroid dienone is 1. The van der Waals surface area contributed by atoms with Crippen molar-refractivity contribution in [1.82, 2.24) is 9.97 Å². The maximum absolute atomic E-state index is 5.68. The Balaban J connectivity index is 2.91. The van der Waals surface area contributed by atoms with Crippen molar-refractivity contribution in [2.75, 3.05) is 0 Å². The van der Waals surface area contributed by atoms with Crippen molar-refractivity contribution in [3.8, 4) is 0 Å². The minimum Gasteiger partial charge on any atom is -0.256 e. The highest BCUT2D eigenvalue weighted by atomic mass is 35.5. The Morgan fingerprint density at radius 1 is 1.50 bits per heavy atom. The van der Waals surface area contributed by atoms with E-state index in [1.165, 1.54) is 0 Å². The van der Waals surface area contributed by atoms with Crippen LogP contribution in [-0.2, 0) is 6.42 Å². The summed E-state index contributed by atoms with van der Waals surface area (Å²) in [6, 6.07) is 0. The summed E-state index contributed by atoms with van der Waals surface area (Å²) in [5, 5.41) is 0.461. The van der Waals surface area contributed by atoms with Gasteiger partial charge in [0.2, 0.25) is 0 Å². The van der Waals surface area contributed by atoms with Crippen LogP contribution in [0.1, 0.15) is 5.69 Å². The molecule has 0 aliphatic rings. The van der Waals surface area contributed by atoms with Crippen LogP contribution in [0.2, 0.25) is 5.15 Å². The Kier molecular flexibility index (Phi) is 2.40. The van der Waals surface area contributed by atoms with E-state index < -0.39 is 0 Å². The van der Waals surface area contributed by atoms with Crippen molar-refractivity contribution >= 4 is 11.6 Å². The van der Waals surface area contributed by atoms with Crippen LogP contribution in [-0.4, -0.2) is 9.97 Å². The standard InChI is InChI=1S/C7H7ClN2/c1-2-3-6-7(8)10-5-4-9-6/h2,4-5H,1,3H2. The lowest BCUT2D eigenvalue weighted by Gasteiger charge is -1.94. The zero-order valence-corrected chi connectivity index (χ0v) is 6.17. The van der Waals surface area contributed by atoms with Gasteiger partial charge < -0.3 is 0 Å². The van der Waals surface area contributed by atoms with Crippen LogP contribution >= 0.6 is 11.6 Å². The minimum absolute atomic E-state index is 0.461. The van der Waals surface area contributed by atoms with Gasteiger partial charge in [0.15, 0.2) is 5.15 Å². The van der Waals surface area contributed by atoms with E-state index in [-0.39, 0.29) is 0 Å². The fourth-order valence-corrected chi connectivity index (χ4v) is 0.806. The van der Waals surface area contributed by atoms with Gasteiger partial charge in [0.05, 0.1) is 5.69 Å². The first-order valence-corrected chi connectivity index (χ1v) is 3.28. The molecule has 0 fully saturated rings. The average molecular weight is 155 g/mol. The number of aromatic nitrogens is 2. The summed E-state index contributed by atoms with van der Waals surface area (Å²) in [5.41, 5.74) is 0.777. The van der Waals surface area contributed by atoms with Gasteiger partial charge in [0.25, 0.3) is 0 Å². The number of nitrogens with zero attached hydrogens (tertiary/aromatic N) is 2. The Bertz CT molecular complexity index is 235. The van der Waals surface area contributed by atoms with Crippen molar-refractivity contribution in [1.29, 1.82) is 0 Å². The molecule has 0 saturated heterocycles. The summed E-state index contributed by atoms with van der Waals surface area (Å²) in [7, 11) is 0. The SMILES string of the molecule is C=CCc1nccnc1Cl. The molecule has 0 amide bonds. The first kappa shape index (κ1) is 7.22. The van der Waals surface area contributed by atoms with Crippen LogP contribution in [0.15, 0.2) is 25.0 Å². The molecule has 0 bridgehead atoms. The number of hydrogen-bond donors (Lipinski definition) is 0. The molecule has 2 nitrogen and oxygen atoms in total. The summed E-state index contributed by atoms with van der Waals surface area (Å²) in [4.78, 5) is 7.86. The van der Waals surface area contributed by atoms with E-state index in [4.69, 9.17) is 11.6 Å². The summed E-state index contributed by atoms with van der Waals surface area (Å²) in [6.45, 7) is 3.57. The minimum atomic E-state index is 0.461. The topological polar surface area (TPSA) is 25.8 Å². The molecule has 0 N–H and O–H groups in total. The fourth-order valence-electron chi connectivity index (χ4n) is 0.623. The zero-order chi connectivity index (χ0) is 7.40. The molecule has 0 aliphatic heterocycles. The average Bonchev–Trinajstić information content (AvgIpc) is 1.94. The van der Waals surface area contributed by atoms with Gasteiger partial charge in [-0.2, -0.15) is 0 Å². The Labute approximate surface area is 64.6 Å². The fraction of sp³-hybridized carbons (Fsp3) is 0.143. The van der Waals surface area contributed by atoms with Gasteiger partial charge in [-0.25, -0.2) is 4.98 Å². The van der Waals surface area contributed by atoms with Gasteiger partial charge in [-0.15, -0.1) is 6.58 Å². The summed E-state index contributed by atoms with van der Waals surface area (Å²) < 4.78 is 0. The van der Waals surface area contributed by atoms with Crippen molar-refractivity contribution in [3.05, 3.63) is 35.9 Å². The van der Waals surface area contributed by atoms with E-state index in [0.717, 1.165) is 5.69 Å². The molecule has 0 radical (unpaired) electrons. The highest BCUT2D eigenvalue weighted by Gasteiger charge is 1.96. The maximum atomic E-state index is 5.68. The first-order valence-electron chi connectivity index (χ1n) is 2.91. The lowest BCUT2D eigenvalue weighted by atomic mass is 10.3. The van der Waals surface area contributed by atoms with Gasteiger partial charge in [-0.3, -0.25) is 4.98 Å². The van der Waals surface area contributed by atoms with Crippen LogP contribution in [0.3, 0.4) is 0 Å². The number of rotatable bonds is 2. The molecule has 0 spiro atoms. The lowest BCUT2D eigenvalue weighted by molar-refractivity contribution is 1.06. The molecule has 3 heteroatoms. The predicted octanol–water partition coefficient (Wildman–Crippen LogP) is 1.86. The molecule has 1 aromatic rings. The van der Waals surface area contributed by atoms with Crippen LogP contribution in [0.4, 0.5) is 0 Å². The summed E-state index contributed by atoms with van der Waals surface area (Å²) in [5.74, 6) is 0. The molecule has 1 aromatic heterocycles. The van der Waals surface area contributed by atoms with Gasteiger partial charge in [-0.05, 0) is 0 Å². The number of hydrogen-bond acceptors (Lipinski definition) is 2. The third-order valence-electron chi connectivity index (χ3n) is 1.06. The molecule has 0 unspecified atom stereocenters. The van der Waals surface area contributed by atoms with Crippen LogP contribution < -0.4 is 0 Å². The molecule has 0 aliphatic carbocycles. The molecule has 10 heavy (non-hydrogen) atoms. The van der Waals surface area contributed by atoms with Crippen LogP contribution in [0.25, 0.3) is 0 Å². The summed E-state index contributed by atoms with van der Waals surface area (Å²) in [6.07, 6.45) is 5.60. The second kappa shape index (κ2) is 3.32. The van der Waals surface area contributed by atoms with Gasteiger partial charge in [0.1, 0.15) is 0 Å². The molecule has 0 aromatic carbocycles. The van der Waals surface area contributed by atoms with E-state index in [2.05, 4.69) is 16.5 Å². The van der Waals surface area contributed by atoms with Crippen molar-refractivity contribution in [2.45, 2.75) is 6.42 Å². The molecule has 1 rings (SSSR count). The smallest absolute Gasteiger partial charge is 0.150 e. The third kappa shape index (κ3) is 1.54. The van der Waals surface area contributed by atoms with Crippen LogP contribution in [0, 0.1) is 0 Å². The van der Waals surface area contributed by atoms with Crippen LogP contribution in [0.5, 0.6) is 0 Å². The van der Waals surface area contributed by atoms with Crippen molar-refractivity contribution < 1.29 is 0 Å². The highest BCUT2D eigenvalue weighted by molar-refractivity contribution is 6.29. The second-order valence-corrected chi connectivity index (χ2v) is 2.14. The maximum Gasteiger partial charge on any atom is 0.150 e. The zero-order valence-electron chi connectivity index (χ0n) is 5.42. The Hall–Kier alpha value is -0.890. The lowest BCUT2D eigenvalue weighted by Crippen LogP contribution is -1.89. The van der Waals surface area contributed by atoms with E-state index in [1.54, 1.807) is 18.5 Å². The van der Waals surface area contributed by atoms with E-state index in [0.29, 0.717) is 11.6 Å². The van der Waals surface area contributed by atoms with E-state index in [9.17, 15) is 0 Å². The Morgan fingerprint density at radius 3 is 2.80 bits per heavy atom. The predicted molar refractivity (Wildman–Crippen MR) is 40.9 cm³/mol. The van der Waals surface area contributed by atoms with E-state index >= 15 is 0 Å². The molecule has 52 valence electrons. The quantitative estimate of drug-likeness (QED) is 0.608. The molecule has 0 saturated carbocycles. The molecular formula is C7H7ClN2. The van der Waals surface area contributed by atoms with Gasteiger partial charge in [-0.1, -0.05) is 17.7 Å². The third-order valence-corrected chi connectivity index (χ3v) is 1.38. The number of halogens is 1. The first-order chi connectivity index (χ1) is 4.84. The second-order valence-electron chi connectivity index (χ2n) is 1.79. The summed E-state index contributed by atoms with van der Waals surface area (Å²) >= 11 is 5.68. The van der Waals surface area contributed by atoms with Gasteiger partial charge >= 0.3 is 0 Å². The largest absolute Gasteiger partial charge is 0.256 e. The normalized spacial score (nSPS) is 9.30. The van der Waals surface area contributed by atoms with E-state index in [1.807, 2.05) is 0 Å². The van der Waals surface area contributed by atoms with Crippen molar-refractivity contribution in [3.63, 3.8) is 0 Å². The van der Waals surface area contributed by atoms with Gasteiger partial charge in [0, 0.05) is 18.8 Å². The monoisotopic (exact) mass is 154 g/mol. The molecule has 0 atom stereocenters. The molecular weight excluding hydrogens is 148 g/mol. The van der Waals surface area contributed by atoms with Crippen molar-refractivity contribution in [2.24, 2.45) is 0 Å².